The van der Waals surface area contributed by atoms with Crippen molar-refractivity contribution in [1.82, 2.24) is 4.90 Å². The maximum atomic E-state index is 10.9. The molecule has 1 N–H and O–H groups in total. The molecule has 2 aliphatic rings. The number of nitrogens with zero attached hydrogens (tertiary/aromatic N) is 1. The monoisotopic (exact) mass is 309 g/mol. The van der Waals surface area contributed by atoms with Gasteiger partial charge in [0, 0.05) is 5.56 Å². The molecule has 0 spiro atoms. The lowest BCUT2D eigenvalue weighted by Crippen LogP contribution is -2.58. The zero-order valence-electron chi connectivity index (χ0n) is 12.8. The lowest BCUT2D eigenvalue weighted by atomic mass is 9.84. The van der Waals surface area contributed by atoms with E-state index < -0.39 is 11.7 Å². The normalized spacial score (nSPS) is 29.3. The molecule has 0 aromatic heterocycles. The Balaban J connectivity index is 1.96. The predicted octanol–water partition coefficient (Wildman–Crippen LogP) is 3.79. The fourth-order valence-electron chi connectivity index (χ4n) is 3.75. The first-order valence-electron chi connectivity index (χ1n) is 7.90. The number of hydrogen-bond donors (Lipinski definition) is 1. The highest BCUT2D eigenvalue weighted by Crippen LogP contribution is 2.45. The highest BCUT2D eigenvalue weighted by atomic mass is 35.5. The Labute approximate surface area is 131 Å². The van der Waals surface area contributed by atoms with Crippen LogP contribution < -0.4 is 4.74 Å². The van der Waals surface area contributed by atoms with E-state index in [1.807, 2.05) is 18.2 Å². The summed E-state index contributed by atoms with van der Waals surface area (Å²) in [6.07, 6.45) is 4.40. The maximum Gasteiger partial charge on any atom is 0.144 e. The Kier molecular flexibility index (Phi) is 4.17. The summed E-state index contributed by atoms with van der Waals surface area (Å²) in [5, 5.41) is 11.5. The molecule has 0 amide bonds. The van der Waals surface area contributed by atoms with Crippen LogP contribution in [0.2, 0.25) is 5.02 Å². The van der Waals surface area contributed by atoms with E-state index in [-0.39, 0.29) is 6.04 Å². The molecule has 0 bridgehead atoms. The van der Waals surface area contributed by atoms with E-state index in [4.69, 9.17) is 16.3 Å². The fraction of sp³-hybridized carbons (Fsp3) is 0.647. The van der Waals surface area contributed by atoms with E-state index in [1.165, 1.54) is 25.7 Å². The first kappa shape index (κ1) is 15.1. The second kappa shape index (κ2) is 5.79. The Hall–Kier alpha value is -0.770. The number of rotatable bonds is 1. The van der Waals surface area contributed by atoms with Gasteiger partial charge in [0.25, 0.3) is 0 Å². The summed E-state index contributed by atoms with van der Waals surface area (Å²) in [5.74, 6) is 0.641. The van der Waals surface area contributed by atoms with Gasteiger partial charge < -0.3 is 9.84 Å². The van der Waals surface area contributed by atoms with Crippen LogP contribution in [0.15, 0.2) is 18.2 Å². The van der Waals surface area contributed by atoms with Crippen LogP contribution >= 0.6 is 11.6 Å². The van der Waals surface area contributed by atoms with Gasteiger partial charge >= 0.3 is 0 Å². The second-order valence-electron chi connectivity index (χ2n) is 6.70. The zero-order chi connectivity index (χ0) is 15.0. The van der Waals surface area contributed by atoms with E-state index in [9.17, 15) is 5.11 Å². The third kappa shape index (κ3) is 2.79. The van der Waals surface area contributed by atoms with Crippen molar-refractivity contribution < 1.29 is 9.84 Å². The highest BCUT2D eigenvalue weighted by molar-refractivity contribution is 6.32. The molecular weight excluding hydrogens is 286 g/mol. The van der Waals surface area contributed by atoms with Crippen LogP contribution in [0.25, 0.3) is 0 Å². The smallest absolute Gasteiger partial charge is 0.144 e. The summed E-state index contributed by atoms with van der Waals surface area (Å²) in [4.78, 5) is 2.40. The van der Waals surface area contributed by atoms with Gasteiger partial charge in [-0.15, -0.1) is 0 Å². The van der Waals surface area contributed by atoms with Crippen LogP contribution in [0.4, 0.5) is 0 Å². The molecule has 1 fully saturated rings. The summed E-state index contributed by atoms with van der Waals surface area (Å²) in [7, 11) is 0. The van der Waals surface area contributed by atoms with Gasteiger partial charge in [0.15, 0.2) is 0 Å². The number of aliphatic hydroxyl groups is 1. The van der Waals surface area contributed by atoms with Gasteiger partial charge in [-0.1, -0.05) is 36.6 Å². The highest BCUT2D eigenvalue weighted by Gasteiger charge is 2.46. The van der Waals surface area contributed by atoms with Crippen LogP contribution in [0.3, 0.4) is 0 Å². The molecule has 2 atom stereocenters. The predicted molar refractivity (Wildman–Crippen MR) is 84.9 cm³/mol. The molecule has 2 heterocycles. The molecule has 1 aromatic rings. The van der Waals surface area contributed by atoms with Crippen LogP contribution in [0.1, 0.15) is 51.2 Å². The van der Waals surface area contributed by atoms with Crippen molar-refractivity contribution in [3.63, 3.8) is 0 Å². The van der Waals surface area contributed by atoms with E-state index in [2.05, 4.69) is 18.7 Å². The van der Waals surface area contributed by atoms with Gasteiger partial charge in [-0.25, -0.2) is 0 Å². The SMILES string of the molecule is CC1(C)Oc2c(Cl)cccc2C(O)C1N1CCCCCC1. The Bertz CT molecular complexity index is 510. The van der Waals surface area contributed by atoms with Crippen molar-refractivity contribution in [1.29, 1.82) is 0 Å². The molecule has 4 heteroatoms. The molecule has 0 aliphatic carbocycles. The summed E-state index contributed by atoms with van der Waals surface area (Å²) in [5.41, 5.74) is 0.359. The van der Waals surface area contributed by atoms with Gasteiger partial charge in [0.05, 0.1) is 11.1 Å². The number of halogens is 1. The van der Waals surface area contributed by atoms with Crippen molar-refractivity contribution in [3.8, 4) is 5.75 Å². The van der Waals surface area contributed by atoms with Gasteiger partial charge in [-0.3, -0.25) is 4.90 Å². The lowest BCUT2D eigenvalue weighted by Gasteiger charge is -2.48. The molecule has 0 radical (unpaired) electrons. The number of aliphatic hydroxyl groups excluding tert-OH is 1. The van der Waals surface area contributed by atoms with Gasteiger partial charge in [-0.2, -0.15) is 0 Å². The second-order valence-corrected chi connectivity index (χ2v) is 7.11. The molecular formula is C17H24ClNO2. The van der Waals surface area contributed by atoms with E-state index >= 15 is 0 Å². The number of hydrogen-bond acceptors (Lipinski definition) is 3. The molecule has 1 aromatic carbocycles. The molecule has 3 rings (SSSR count). The van der Waals surface area contributed by atoms with Gasteiger partial charge in [0.1, 0.15) is 17.5 Å². The third-order valence-corrected chi connectivity index (χ3v) is 5.02. The average molecular weight is 310 g/mol. The molecule has 2 aliphatic heterocycles. The number of para-hydroxylation sites is 1. The summed E-state index contributed by atoms with van der Waals surface area (Å²) < 4.78 is 6.19. The summed E-state index contributed by atoms with van der Waals surface area (Å²) in [6, 6.07) is 5.59. The van der Waals surface area contributed by atoms with Crippen LogP contribution in [0.5, 0.6) is 5.75 Å². The quantitative estimate of drug-likeness (QED) is 0.856. The van der Waals surface area contributed by atoms with Crippen LogP contribution in [-0.2, 0) is 0 Å². The number of benzene rings is 1. The lowest BCUT2D eigenvalue weighted by molar-refractivity contribution is -0.0817. The van der Waals surface area contributed by atoms with E-state index in [0.29, 0.717) is 10.8 Å². The number of ether oxygens (including phenoxy) is 1. The van der Waals surface area contributed by atoms with Crippen molar-refractivity contribution in [2.45, 2.75) is 57.3 Å². The first-order valence-corrected chi connectivity index (χ1v) is 8.28. The maximum absolute atomic E-state index is 10.9. The summed E-state index contributed by atoms with van der Waals surface area (Å²) >= 11 is 6.24. The molecule has 1 saturated heterocycles. The van der Waals surface area contributed by atoms with E-state index in [1.54, 1.807) is 0 Å². The van der Waals surface area contributed by atoms with E-state index in [0.717, 1.165) is 18.7 Å². The van der Waals surface area contributed by atoms with Gasteiger partial charge in [0.2, 0.25) is 0 Å². The van der Waals surface area contributed by atoms with Crippen molar-refractivity contribution in [3.05, 3.63) is 28.8 Å². The standard InChI is InChI=1S/C17H24ClNO2/c1-17(2)16(19-10-5-3-4-6-11-19)14(20)12-8-7-9-13(18)15(12)21-17/h7-9,14,16,20H,3-6,10-11H2,1-2H3. The Morgan fingerprint density at radius 3 is 2.52 bits per heavy atom. The van der Waals surface area contributed by atoms with Crippen molar-refractivity contribution in [2.24, 2.45) is 0 Å². The average Bonchev–Trinajstić information content (AvgIpc) is 2.69. The number of likely N-dealkylation sites (tertiary alicyclic amines) is 1. The van der Waals surface area contributed by atoms with Crippen molar-refractivity contribution >= 4 is 11.6 Å². The van der Waals surface area contributed by atoms with Crippen molar-refractivity contribution in [2.75, 3.05) is 13.1 Å². The number of fused-ring (bicyclic) bond motifs is 1. The minimum atomic E-state index is -0.555. The molecule has 0 saturated carbocycles. The fourth-order valence-corrected chi connectivity index (χ4v) is 3.97. The minimum Gasteiger partial charge on any atom is -0.484 e. The van der Waals surface area contributed by atoms with Gasteiger partial charge in [-0.05, 0) is 45.8 Å². The Morgan fingerprint density at radius 2 is 1.86 bits per heavy atom. The first-order chi connectivity index (χ1) is 10.0. The Morgan fingerprint density at radius 1 is 1.19 bits per heavy atom. The van der Waals surface area contributed by atoms with Crippen LogP contribution in [0, 0.1) is 0 Å². The molecule has 21 heavy (non-hydrogen) atoms. The molecule has 3 nitrogen and oxygen atoms in total. The third-order valence-electron chi connectivity index (χ3n) is 4.73. The largest absolute Gasteiger partial charge is 0.484 e. The summed E-state index contributed by atoms with van der Waals surface area (Å²) in [6.45, 7) is 6.17. The van der Waals surface area contributed by atoms with Crippen LogP contribution in [-0.4, -0.2) is 34.7 Å². The molecule has 116 valence electrons. The minimum absolute atomic E-state index is 0.0263. The topological polar surface area (TPSA) is 32.7 Å². The molecule has 2 unspecified atom stereocenters. The zero-order valence-corrected chi connectivity index (χ0v) is 13.6.